The molecule has 3 aliphatic rings. The molecule has 3 heterocycles. The highest BCUT2D eigenvalue weighted by atomic mass is 16.1. The van der Waals surface area contributed by atoms with Crippen molar-refractivity contribution in [1.82, 2.24) is 20.1 Å². The average Bonchev–Trinajstić information content (AvgIpc) is 3.54. The number of aryl methyl sites for hydroxylation is 1. The minimum absolute atomic E-state index is 0.00739. The van der Waals surface area contributed by atoms with Crippen LogP contribution in [0.2, 0.25) is 0 Å². The van der Waals surface area contributed by atoms with E-state index in [0.717, 1.165) is 42.1 Å². The summed E-state index contributed by atoms with van der Waals surface area (Å²) in [7, 11) is 0. The second kappa shape index (κ2) is 6.31. The minimum Gasteiger partial charge on any atom is -0.359 e. The molecule has 0 spiro atoms. The number of hydrogen-bond acceptors (Lipinski definition) is 2. The van der Waals surface area contributed by atoms with E-state index in [9.17, 15) is 4.79 Å². The summed E-state index contributed by atoms with van der Waals surface area (Å²) >= 11 is 0. The van der Waals surface area contributed by atoms with Crippen molar-refractivity contribution in [3.05, 3.63) is 43.4 Å². The first-order chi connectivity index (χ1) is 12.7. The Labute approximate surface area is 153 Å². The van der Waals surface area contributed by atoms with Crippen molar-refractivity contribution in [1.29, 1.82) is 0 Å². The Balaban J connectivity index is 1.55. The van der Waals surface area contributed by atoms with Gasteiger partial charge in [-0.3, -0.25) is 15.0 Å². The fraction of sp³-hybridized carbons (Fsp3) is 0.571. The smallest absolute Gasteiger partial charge is 0.271 e. The van der Waals surface area contributed by atoms with E-state index in [-0.39, 0.29) is 5.56 Å². The van der Waals surface area contributed by atoms with Gasteiger partial charge in [0.15, 0.2) is 0 Å². The van der Waals surface area contributed by atoms with Gasteiger partial charge >= 0.3 is 0 Å². The van der Waals surface area contributed by atoms with Gasteiger partial charge in [0, 0.05) is 17.9 Å². The lowest BCUT2D eigenvalue weighted by atomic mass is 10.0. The van der Waals surface area contributed by atoms with Crippen LogP contribution < -0.4 is 16.1 Å². The molecule has 5 nitrogen and oxygen atoms in total. The molecule has 3 fully saturated rings. The standard InChI is InChI=1S/C21H28N4O/c1-13-16(8-11-25-9-2-3-10-25)19(14-4-5-14)18(22-13)12-17-20(15-6-7-15)23-24-21(17)26/h12,14,22-23H,2-11H2,1H3,(H,24,26). The van der Waals surface area contributed by atoms with Crippen molar-refractivity contribution in [2.24, 2.45) is 0 Å². The average molecular weight is 352 g/mol. The molecule has 3 N–H and O–H groups in total. The van der Waals surface area contributed by atoms with Crippen LogP contribution in [0.25, 0.3) is 11.6 Å². The Morgan fingerprint density at radius 2 is 1.92 bits per heavy atom. The second-order valence-electron chi connectivity index (χ2n) is 8.24. The molecule has 2 aromatic heterocycles. The van der Waals surface area contributed by atoms with Crippen LogP contribution in [0, 0.1) is 6.92 Å². The highest BCUT2D eigenvalue weighted by Crippen LogP contribution is 2.44. The molecule has 0 unspecified atom stereocenters. The van der Waals surface area contributed by atoms with E-state index in [2.05, 4.69) is 33.1 Å². The Morgan fingerprint density at radius 1 is 1.15 bits per heavy atom. The summed E-state index contributed by atoms with van der Waals surface area (Å²) in [6.07, 6.45) is 10.7. The quantitative estimate of drug-likeness (QED) is 0.766. The van der Waals surface area contributed by atoms with E-state index in [1.165, 1.54) is 61.2 Å². The first kappa shape index (κ1) is 16.2. The summed E-state index contributed by atoms with van der Waals surface area (Å²) < 4.78 is 0. The topological polar surface area (TPSA) is 67.7 Å². The molecular formula is C21H28N4O. The Bertz CT molecular complexity index is 990. The molecule has 2 aromatic rings. The number of aromatic nitrogens is 3. The maximum atomic E-state index is 12.3. The second-order valence-corrected chi connectivity index (χ2v) is 8.24. The lowest BCUT2D eigenvalue weighted by Crippen LogP contribution is -2.33. The molecule has 5 rings (SSSR count). The summed E-state index contributed by atoms with van der Waals surface area (Å²) in [6.45, 7) is 5.86. The summed E-state index contributed by atoms with van der Waals surface area (Å²) in [6, 6.07) is 0. The monoisotopic (exact) mass is 352 g/mol. The predicted octanol–water partition coefficient (Wildman–Crippen LogP) is 1.63. The fourth-order valence-electron chi connectivity index (χ4n) is 4.50. The zero-order valence-electron chi connectivity index (χ0n) is 15.6. The molecule has 138 valence electrons. The third-order valence-corrected chi connectivity index (χ3v) is 6.21. The molecule has 2 saturated carbocycles. The first-order valence-corrected chi connectivity index (χ1v) is 10.1. The highest BCUT2D eigenvalue weighted by Gasteiger charge is 2.30. The zero-order chi connectivity index (χ0) is 17.7. The van der Waals surface area contributed by atoms with Crippen molar-refractivity contribution in [2.75, 3.05) is 19.6 Å². The fourth-order valence-corrected chi connectivity index (χ4v) is 4.50. The molecule has 0 atom stereocenters. The van der Waals surface area contributed by atoms with Crippen LogP contribution in [0.15, 0.2) is 4.79 Å². The van der Waals surface area contributed by atoms with Crippen molar-refractivity contribution >= 4 is 11.6 Å². The van der Waals surface area contributed by atoms with Gasteiger partial charge in [-0.2, -0.15) is 0 Å². The lowest BCUT2D eigenvalue weighted by Gasteiger charge is -2.15. The first-order valence-electron chi connectivity index (χ1n) is 10.1. The van der Waals surface area contributed by atoms with E-state index in [1.54, 1.807) is 0 Å². The van der Waals surface area contributed by atoms with E-state index in [1.807, 2.05) is 0 Å². The molecule has 0 amide bonds. The third-order valence-electron chi connectivity index (χ3n) is 6.21. The van der Waals surface area contributed by atoms with E-state index < -0.39 is 0 Å². The molecule has 1 saturated heterocycles. The zero-order valence-corrected chi connectivity index (χ0v) is 15.6. The Morgan fingerprint density at radius 3 is 2.62 bits per heavy atom. The van der Waals surface area contributed by atoms with Crippen LogP contribution in [-0.4, -0.2) is 39.7 Å². The number of rotatable bonds is 5. The maximum absolute atomic E-state index is 12.3. The van der Waals surface area contributed by atoms with Gasteiger partial charge in [-0.05, 0) is 93.7 Å². The number of nitrogens with zero attached hydrogens (tertiary/aromatic N) is 1. The number of nitrogens with one attached hydrogen (secondary N) is 3. The molecule has 0 radical (unpaired) electrons. The normalized spacial score (nSPS) is 21.1. The predicted molar refractivity (Wildman–Crippen MR) is 104 cm³/mol. The maximum Gasteiger partial charge on any atom is 0.271 e. The minimum atomic E-state index is -0.00739. The largest absolute Gasteiger partial charge is 0.359 e. The van der Waals surface area contributed by atoms with Crippen molar-refractivity contribution in [3.8, 4) is 0 Å². The number of hydrogen-bond donors (Lipinski definition) is 3. The van der Waals surface area contributed by atoms with Gasteiger partial charge in [0.1, 0.15) is 0 Å². The van der Waals surface area contributed by atoms with Gasteiger partial charge in [0.25, 0.3) is 5.56 Å². The van der Waals surface area contributed by atoms with Gasteiger partial charge in [-0.15, -0.1) is 0 Å². The third kappa shape index (κ3) is 2.98. The van der Waals surface area contributed by atoms with Gasteiger partial charge in [0.2, 0.25) is 0 Å². The van der Waals surface area contributed by atoms with Gasteiger partial charge in [-0.1, -0.05) is 0 Å². The van der Waals surface area contributed by atoms with Crippen LogP contribution in [0.4, 0.5) is 0 Å². The van der Waals surface area contributed by atoms with Gasteiger partial charge in [0.05, 0.1) is 10.6 Å². The number of H-pyrrole nitrogens is 3. The van der Waals surface area contributed by atoms with E-state index in [0.29, 0.717) is 5.92 Å². The highest BCUT2D eigenvalue weighted by molar-refractivity contribution is 5.61. The molecule has 0 aromatic carbocycles. The molecular weight excluding hydrogens is 324 g/mol. The molecule has 2 aliphatic carbocycles. The Hall–Kier alpha value is -2.01. The van der Waals surface area contributed by atoms with Crippen molar-refractivity contribution < 1.29 is 0 Å². The molecule has 1 aliphatic heterocycles. The Kier molecular flexibility index (Phi) is 3.92. The van der Waals surface area contributed by atoms with Crippen LogP contribution in [0.1, 0.15) is 67.0 Å². The lowest BCUT2D eigenvalue weighted by molar-refractivity contribution is 0.343. The van der Waals surface area contributed by atoms with E-state index >= 15 is 0 Å². The number of likely N-dealkylation sites (tertiary alicyclic amines) is 1. The van der Waals surface area contributed by atoms with E-state index in [4.69, 9.17) is 0 Å². The van der Waals surface area contributed by atoms with Crippen molar-refractivity contribution in [3.63, 3.8) is 0 Å². The van der Waals surface area contributed by atoms with Gasteiger partial charge < -0.3 is 9.88 Å². The van der Waals surface area contributed by atoms with Gasteiger partial charge in [-0.25, -0.2) is 0 Å². The number of aromatic amines is 3. The summed E-state index contributed by atoms with van der Waals surface area (Å²) in [4.78, 5) is 18.5. The molecule has 26 heavy (non-hydrogen) atoms. The summed E-state index contributed by atoms with van der Waals surface area (Å²) in [5.41, 5.74) is 6.78. The summed E-state index contributed by atoms with van der Waals surface area (Å²) in [5, 5.41) is 7.67. The van der Waals surface area contributed by atoms with Crippen LogP contribution in [0.5, 0.6) is 0 Å². The van der Waals surface area contributed by atoms with Crippen LogP contribution in [-0.2, 0) is 6.42 Å². The molecule has 0 bridgehead atoms. The summed E-state index contributed by atoms with van der Waals surface area (Å²) in [5.74, 6) is 0.676. The van der Waals surface area contributed by atoms with Crippen molar-refractivity contribution in [2.45, 2.75) is 57.8 Å². The SMILES string of the molecule is Cc1[nH]c(C=c2c(=O)[nH][nH]c2=C2CC2)c(C2CC2)c1CCN1CCCC1. The van der Waals surface area contributed by atoms with Crippen LogP contribution >= 0.6 is 0 Å². The molecule has 5 heteroatoms. The van der Waals surface area contributed by atoms with Crippen LogP contribution in [0.3, 0.4) is 0 Å².